The number of aromatic nitrogens is 1. The largest absolute Gasteiger partial charge is 0.497 e. The Labute approximate surface area is 169 Å². The maximum absolute atomic E-state index is 12.5. The molecular weight excluding hydrogens is 398 g/mol. The Morgan fingerprint density at radius 1 is 1.21 bits per heavy atom. The fourth-order valence-electron chi connectivity index (χ4n) is 2.71. The first kappa shape index (κ1) is 20.2. The summed E-state index contributed by atoms with van der Waals surface area (Å²) in [6.07, 6.45) is 0.0455. The molecule has 9 nitrogen and oxygen atoms in total. The van der Waals surface area contributed by atoms with Gasteiger partial charge in [-0.2, -0.15) is 4.99 Å². The highest BCUT2D eigenvalue weighted by Gasteiger charge is 2.15. The summed E-state index contributed by atoms with van der Waals surface area (Å²) >= 11 is 1.09. The number of hydrogen-bond acceptors (Lipinski definition) is 7. The lowest BCUT2D eigenvalue weighted by Crippen LogP contribution is -2.22. The molecule has 0 atom stereocenters. The molecule has 0 saturated carbocycles. The molecule has 3 rings (SSSR count). The second-order valence-electron chi connectivity index (χ2n) is 5.99. The van der Waals surface area contributed by atoms with Gasteiger partial charge in [-0.3, -0.25) is 19.7 Å². The average Bonchev–Trinajstić information content (AvgIpc) is 3.03. The predicted octanol–water partition coefficient (Wildman–Crippen LogP) is 2.46. The average molecular weight is 415 g/mol. The molecule has 0 N–H and O–H groups in total. The number of ether oxygens (including phenoxy) is 2. The van der Waals surface area contributed by atoms with Crippen molar-refractivity contribution in [3.05, 3.63) is 62.9 Å². The predicted molar refractivity (Wildman–Crippen MR) is 106 cm³/mol. The van der Waals surface area contributed by atoms with Crippen LogP contribution in [-0.4, -0.2) is 35.6 Å². The quantitative estimate of drug-likeness (QED) is 0.347. The molecule has 0 saturated heterocycles. The molecule has 29 heavy (non-hydrogen) atoms. The summed E-state index contributed by atoms with van der Waals surface area (Å²) in [4.78, 5) is 39.2. The number of non-ortho nitro benzene ring substituents is 1. The number of rotatable bonds is 6. The number of nitrogens with zero attached hydrogens (tertiary/aromatic N) is 3. The third-order valence-electron chi connectivity index (χ3n) is 4.10. The second-order valence-corrected chi connectivity index (χ2v) is 7.00. The summed E-state index contributed by atoms with van der Waals surface area (Å²) in [6.45, 7) is -0.167. The van der Waals surface area contributed by atoms with E-state index < -0.39 is 16.8 Å². The Bertz CT molecular complexity index is 1160. The number of nitro groups is 1. The summed E-state index contributed by atoms with van der Waals surface area (Å²) in [5.74, 6) is -0.312. The molecule has 10 heteroatoms. The van der Waals surface area contributed by atoms with Crippen LogP contribution in [0.1, 0.15) is 5.56 Å². The molecule has 0 aliphatic heterocycles. The topological polar surface area (TPSA) is 113 Å². The van der Waals surface area contributed by atoms with Gasteiger partial charge in [0.1, 0.15) is 12.3 Å². The molecular formula is C19H17N3O6S. The van der Waals surface area contributed by atoms with Crippen LogP contribution >= 0.6 is 11.3 Å². The van der Waals surface area contributed by atoms with Crippen molar-refractivity contribution in [2.24, 2.45) is 4.99 Å². The van der Waals surface area contributed by atoms with Crippen molar-refractivity contribution in [2.75, 3.05) is 14.2 Å². The van der Waals surface area contributed by atoms with E-state index in [9.17, 15) is 19.7 Å². The van der Waals surface area contributed by atoms with Gasteiger partial charge in [0.25, 0.3) is 11.6 Å². The van der Waals surface area contributed by atoms with Gasteiger partial charge in [0.15, 0.2) is 4.80 Å². The van der Waals surface area contributed by atoms with Crippen LogP contribution in [0.4, 0.5) is 5.69 Å². The summed E-state index contributed by atoms with van der Waals surface area (Å²) in [5.41, 5.74) is 1.20. The minimum Gasteiger partial charge on any atom is -0.497 e. The molecule has 0 radical (unpaired) electrons. The van der Waals surface area contributed by atoms with Gasteiger partial charge in [0.05, 0.1) is 35.8 Å². The summed E-state index contributed by atoms with van der Waals surface area (Å²) in [6, 6.07) is 11.3. The van der Waals surface area contributed by atoms with Crippen LogP contribution in [0, 0.1) is 10.1 Å². The molecule has 3 aromatic rings. The van der Waals surface area contributed by atoms with E-state index in [1.807, 2.05) is 0 Å². The Morgan fingerprint density at radius 2 is 2.00 bits per heavy atom. The number of fused-ring (bicyclic) bond motifs is 1. The molecule has 0 aliphatic carbocycles. The zero-order chi connectivity index (χ0) is 21.0. The van der Waals surface area contributed by atoms with Crippen LogP contribution < -0.4 is 9.54 Å². The van der Waals surface area contributed by atoms with E-state index in [-0.39, 0.29) is 23.5 Å². The van der Waals surface area contributed by atoms with Gasteiger partial charge in [-0.25, -0.2) is 0 Å². The maximum Gasteiger partial charge on any atom is 0.325 e. The van der Waals surface area contributed by atoms with Gasteiger partial charge >= 0.3 is 5.97 Å². The number of carbonyl (C=O) groups is 2. The second kappa shape index (κ2) is 8.65. The van der Waals surface area contributed by atoms with E-state index >= 15 is 0 Å². The van der Waals surface area contributed by atoms with Crippen LogP contribution in [-0.2, 0) is 27.3 Å². The Kier molecular flexibility index (Phi) is 6.03. The Hall–Kier alpha value is -3.53. The Morgan fingerprint density at radius 3 is 2.69 bits per heavy atom. The number of methoxy groups -OCH3 is 2. The van der Waals surface area contributed by atoms with Crippen LogP contribution in [0.25, 0.3) is 10.2 Å². The van der Waals surface area contributed by atoms with Crippen LogP contribution in [0.3, 0.4) is 0 Å². The molecule has 1 heterocycles. The van der Waals surface area contributed by atoms with Crippen molar-refractivity contribution in [1.29, 1.82) is 0 Å². The van der Waals surface area contributed by atoms with Crippen molar-refractivity contribution in [1.82, 2.24) is 4.57 Å². The van der Waals surface area contributed by atoms with E-state index in [0.717, 1.165) is 16.9 Å². The van der Waals surface area contributed by atoms with Gasteiger partial charge < -0.3 is 14.0 Å². The van der Waals surface area contributed by atoms with Gasteiger partial charge in [-0.05, 0) is 23.8 Å². The van der Waals surface area contributed by atoms with Crippen molar-refractivity contribution in [3.63, 3.8) is 0 Å². The summed E-state index contributed by atoms with van der Waals surface area (Å²) in [7, 11) is 2.80. The smallest absolute Gasteiger partial charge is 0.325 e. The van der Waals surface area contributed by atoms with Gasteiger partial charge in [-0.15, -0.1) is 0 Å². The van der Waals surface area contributed by atoms with Crippen LogP contribution in [0.2, 0.25) is 0 Å². The zero-order valence-electron chi connectivity index (χ0n) is 15.7. The first-order valence-electron chi connectivity index (χ1n) is 8.46. The molecule has 0 spiro atoms. The highest BCUT2D eigenvalue weighted by atomic mass is 32.1. The lowest BCUT2D eigenvalue weighted by Gasteiger charge is -2.04. The number of benzene rings is 2. The number of nitro benzene ring substituents is 1. The van der Waals surface area contributed by atoms with Crippen molar-refractivity contribution < 1.29 is 24.0 Å². The van der Waals surface area contributed by atoms with Crippen molar-refractivity contribution >= 4 is 39.1 Å². The molecule has 0 bridgehead atoms. The summed E-state index contributed by atoms with van der Waals surface area (Å²) in [5, 5.41) is 11.0. The van der Waals surface area contributed by atoms with Gasteiger partial charge in [0, 0.05) is 12.1 Å². The third kappa shape index (κ3) is 4.66. The highest BCUT2D eigenvalue weighted by molar-refractivity contribution is 7.16. The van der Waals surface area contributed by atoms with Gasteiger partial charge in [-0.1, -0.05) is 23.5 Å². The molecule has 0 aliphatic rings. The Balaban J connectivity index is 2.02. The molecule has 0 unspecified atom stereocenters. The highest BCUT2D eigenvalue weighted by Crippen LogP contribution is 2.23. The van der Waals surface area contributed by atoms with Gasteiger partial charge in [0.2, 0.25) is 0 Å². The summed E-state index contributed by atoms with van der Waals surface area (Å²) < 4.78 is 11.9. The SMILES string of the molecule is COC(=O)Cn1c(=NC(=O)Cc2cccc(OC)c2)sc2cc([N+](=O)[O-])ccc21. The zero-order valence-corrected chi connectivity index (χ0v) is 16.5. The maximum atomic E-state index is 12.5. The minimum absolute atomic E-state index is 0.0455. The lowest BCUT2D eigenvalue weighted by atomic mass is 10.1. The molecule has 150 valence electrons. The molecule has 2 aromatic carbocycles. The van der Waals surface area contributed by atoms with E-state index in [1.54, 1.807) is 24.3 Å². The number of thiazole rings is 1. The van der Waals surface area contributed by atoms with Crippen molar-refractivity contribution in [3.8, 4) is 5.75 Å². The van der Waals surface area contributed by atoms with E-state index in [1.165, 1.54) is 37.0 Å². The van der Waals surface area contributed by atoms with Crippen LogP contribution in [0.5, 0.6) is 5.75 Å². The van der Waals surface area contributed by atoms with E-state index in [4.69, 9.17) is 9.47 Å². The van der Waals surface area contributed by atoms with Crippen molar-refractivity contribution in [2.45, 2.75) is 13.0 Å². The fraction of sp³-hybridized carbons (Fsp3) is 0.211. The third-order valence-corrected chi connectivity index (χ3v) is 5.14. The van der Waals surface area contributed by atoms with Crippen LogP contribution in [0.15, 0.2) is 47.5 Å². The lowest BCUT2D eigenvalue weighted by molar-refractivity contribution is -0.384. The number of carbonyl (C=O) groups excluding carboxylic acids is 2. The number of amides is 1. The number of esters is 1. The minimum atomic E-state index is -0.523. The number of hydrogen-bond donors (Lipinski definition) is 0. The molecule has 1 amide bonds. The standard InChI is InChI=1S/C19H17N3O6S/c1-27-14-5-3-4-12(8-14)9-17(23)20-19-21(11-18(24)28-2)15-7-6-13(22(25)26)10-16(15)29-19/h3-8,10H,9,11H2,1-2H3. The molecule has 1 aromatic heterocycles. The normalized spacial score (nSPS) is 11.4. The first-order chi connectivity index (χ1) is 13.9. The van der Waals surface area contributed by atoms with E-state index in [2.05, 4.69) is 4.99 Å². The monoisotopic (exact) mass is 415 g/mol. The first-order valence-corrected chi connectivity index (χ1v) is 9.28. The van der Waals surface area contributed by atoms with E-state index in [0.29, 0.717) is 16.0 Å². The molecule has 0 fully saturated rings. The fourth-order valence-corrected chi connectivity index (χ4v) is 3.79.